The molecule has 3 aliphatic rings. The number of allylic oxidation sites excluding steroid dienone is 3. The largest absolute Gasteiger partial charge is 0.478 e. The number of ether oxygens (including phenoxy) is 2. The number of esters is 2. The van der Waals surface area contributed by atoms with Crippen LogP contribution in [0.15, 0.2) is 35.5 Å². The molecule has 4 atom stereocenters. The number of rotatable bonds is 5. The van der Waals surface area contributed by atoms with Gasteiger partial charge in [-0.2, -0.15) is 0 Å². The van der Waals surface area contributed by atoms with Crippen LogP contribution in [0.1, 0.15) is 52.9 Å². The summed E-state index contributed by atoms with van der Waals surface area (Å²) in [5.74, 6) is -2.26. The molecule has 0 aromatic carbocycles. The molecule has 0 radical (unpaired) electrons. The van der Waals surface area contributed by atoms with E-state index in [2.05, 4.69) is 0 Å². The van der Waals surface area contributed by atoms with Crippen LogP contribution in [-0.2, 0) is 23.9 Å². The van der Waals surface area contributed by atoms with E-state index in [1.807, 2.05) is 0 Å². The summed E-state index contributed by atoms with van der Waals surface area (Å²) < 4.78 is 10.9. The van der Waals surface area contributed by atoms with Gasteiger partial charge in [0.25, 0.3) is 0 Å². The molecular weight excluding hydrogens is 376 g/mol. The van der Waals surface area contributed by atoms with Crippen molar-refractivity contribution in [2.24, 2.45) is 11.3 Å². The highest BCUT2D eigenvalue weighted by Gasteiger charge is 2.71. The average molecular weight is 404 g/mol. The van der Waals surface area contributed by atoms with Gasteiger partial charge in [0.05, 0.1) is 12.2 Å². The Morgan fingerprint density at radius 2 is 2.10 bits per heavy atom. The van der Waals surface area contributed by atoms with Gasteiger partial charge in [0.15, 0.2) is 0 Å². The molecule has 3 rings (SSSR count). The number of aliphatic hydroxyl groups is 1. The van der Waals surface area contributed by atoms with Crippen LogP contribution in [0.4, 0.5) is 0 Å². The fourth-order valence-electron chi connectivity index (χ4n) is 5.10. The third-order valence-corrected chi connectivity index (χ3v) is 6.78. The quantitative estimate of drug-likeness (QED) is 0.412. The van der Waals surface area contributed by atoms with Crippen molar-refractivity contribution in [2.75, 3.05) is 6.61 Å². The number of carboxylic acids is 1. The fourth-order valence-corrected chi connectivity index (χ4v) is 5.10. The highest BCUT2D eigenvalue weighted by atomic mass is 16.6. The number of carbonyl (C=O) groups is 3. The zero-order chi connectivity index (χ0) is 21.4. The van der Waals surface area contributed by atoms with E-state index in [0.717, 1.165) is 0 Å². The first-order valence-electron chi connectivity index (χ1n) is 10.0. The SMILES string of the molecule is CCOC(=O)C1=CC[C@]23CC[C@H](C(C)(/C=C/C=C(\C)C(=O)O)OC2=O)[C@]3(O)CC1. The molecule has 2 N–H and O–H groups in total. The van der Waals surface area contributed by atoms with E-state index >= 15 is 0 Å². The lowest BCUT2D eigenvalue weighted by Crippen LogP contribution is -2.63. The monoisotopic (exact) mass is 404 g/mol. The zero-order valence-electron chi connectivity index (χ0n) is 17.1. The Morgan fingerprint density at radius 1 is 1.38 bits per heavy atom. The van der Waals surface area contributed by atoms with Gasteiger partial charge < -0.3 is 19.7 Å². The second-order valence-electron chi connectivity index (χ2n) is 8.34. The Morgan fingerprint density at radius 3 is 2.76 bits per heavy atom. The Kier molecular flexibility index (Phi) is 5.47. The number of hydrogen-bond acceptors (Lipinski definition) is 6. The molecule has 7 nitrogen and oxygen atoms in total. The molecule has 0 aromatic heterocycles. The van der Waals surface area contributed by atoms with Crippen molar-refractivity contribution in [3.8, 4) is 0 Å². The Bertz CT molecular complexity index is 823. The highest BCUT2D eigenvalue weighted by Crippen LogP contribution is 2.63. The van der Waals surface area contributed by atoms with Gasteiger partial charge in [-0.3, -0.25) is 4.79 Å². The molecule has 1 saturated heterocycles. The van der Waals surface area contributed by atoms with Gasteiger partial charge in [0, 0.05) is 17.1 Å². The number of carboxylic acid groups (broad SMARTS) is 1. The van der Waals surface area contributed by atoms with Crippen LogP contribution < -0.4 is 0 Å². The minimum atomic E-state index is -1.31. The summed E-state index contributed by atoms with van der Waals surface area (Å²) in [6.07, 6.45) is 8.30. The van der Waals surface area contributed by atoms with Gasteiger partial charge in [0.1, 0.15) is 11.0 Å². The molecular formula is C22H28O7. The lowest BCUT2D eigenvalue weighted by atomic mass is 9.62. The summed E-state index contributed by atoms with van der Waals surface area (Å²) >= 11 is 0. The molecule has 0 aromatic rings. The maximum Gasteiger partial charge on any atom is 0.333 e. The van der Waals surface area contributed by atoms with Crippen molar-refractivity contribution >= 4 is 17.9 Å². The second kappa shape index (κ2) is 7.44. The number of aliphatic carboxylic acids is 1. The molecule has 1 unspecified atom stereocenters. The third kappa shape index (κ3) is 3.31. The maximum absolute atomic E-state index is 13.1. The minimum absolute atomic E-state index is 0.157. The second-order valence-corrected chi connectivity index (χ2v) is 8.34. The molecule has 0 spiro atoms. The highest BCUT2D eigenvalue weighted by molar-refractivity contribution is 5.89. The first-order valence-corrected chi connectivity index (χ1v) is 10.0. The van der Waals surface area contributed by atoms with Gasteiger partial charge in [-0.25, -0.2) is 9.59 Å². The van der Waals surface area contributed by atoms with Crippen molar-refractivity contribution < 1.29 is 34.1 Å². The standard InChI is InChI=1S/C22H28O7/c1-4-28-18(25)15-7-11-21-12-9-16(22(21,27)13-8-15)20(3,29-19(21)26)10-5-6-14(2)17(23)24/h5-7,10,16,27H,4,8-9,11-13H2,1-3H3,(H,23,24)/b10-5+,14-6+/t16-,20?,21+,22-/m1/s1. The summed E-state index contributed by atoms with van der Waals surface area (Å²) in [7, 11) is 0. The molecule has 29 heavy (non-hydrogen) atoms. The van der Waals surface area contributed by atoms with Crippen molar-refractivity contribution in [1.82, 2.24) is 0 Å². The van der Waals surface area contributed by atoms with Crippen molar-refractivity contribution in [3.63, 3.8) is 0 Å². The van der Waals surface area contributed by atoms with E-state index in [4.69, 9.17) is 14.6 Å². The van der Waals surface area contributed by atoms with E-state index in [-0.39, 0.29) is 30.9 Å². The topological polar surface area (TPSA) is 110 Å². The Balaban J connectivity index is 1.93. The van der Waals surface area contributed by atoms with E-state index < -0.39 is 34.5 Å². The molecule has 1 saturated carbocycles. The summed E-state index contributed by atoms with van der Waals surface area (Å²) in [5.41, 5.74) is -2.79. The molecule has 2 aliphatic carbocycles. The summed E-state index contributed by atoms with van der Waals surface area (Å²) in [4.78, 5) is 36.3. The lowest BCUT2D eigenvalue weighted by molar-refractivity contribution is -0.224. The number of cyclic esters (lactones) is 1. The van der Waals surface area contributed by atoms with Gasteiger partial charge in [-0.1, -0.05) is 18.2 Å². The van der Waals surface area contributed by atoms with Gasteiger partial charge in [-0.15, -0.1) is 0 Å². The van der Waals surface area contributed by atoms with Crippen LogP contribution in [0.2, 0.25) is 0 Å². The van der Waals surface area contributed by atoms with Crippen LogP contribution in [-0.4, -0.2) is 45.9 Å². The maximum atomic E-state index is 13.1. The smallest absolute Gasteiger partial charge is 0.333 e. The number of carbonyl (C=O) groups excluding carboxylic acids is 2. The predicted molar refractivity (Wildman–Crippen MR) is 104 cm³/mol. The molecule has 7 heteroatoms. The average Bonchev–Trinajstić information content (AvgIpc) is 2.77. The van der Waals surface area contributed by atoms with E-state index in [9.17, 15) is 19.5 Å². The van der Waals surface area contributed by atoms with Crippen LogP contribution in [0.5, 0.6) is 0 Å². The van der Waals surface area contributed by atoms with Gasteiger partial charge in [0.2, 0.25) is 0 Å². The van der Waals surface area contributed by atoms with Crippen LogP contribution in [0.25, 0.3) is 0 Å². The lowest BCUT2D eigenvalue weighted by Gasteiger charge is -2.52. The molecule has 158 valence electrons. The molecule has 1 heterocycles. The Labute approximate surface area is 170 Å². The summed E-state index contributed by atoms with van der Waals surface area (Å²) in [6, 6.07) is 0. The predicted octanol–water partition coefficient (Wildman–Crippen LogP) is 2.69. The Hall–Kier alpha value is -2.41. The minimum Gasteiger partial charge on any atom is -0.478 e. The fraction of sp³-hybridized carbons (Fsp3) is 0.591. The molecule has 1 aliphatic heterocycles. The van der Waals surface area contributed by atoms with E-state index in [1.165, 1.54) is 13.0 Å². The van der Waals surface area contributed by atoms with E-state index in [1.54, 1.807) is 32.1 Å². The number of hydrogen-bond donors (Lipinski definition) is 2. The normalized spacial score (nSPS) is 36.8. The summed E-state index contributed by atoms with van der Waals surface area (Å²) in [6.45, 7) is 5.22. The molecule has 2 fully saturated rings. The van der Waals surface area contributed by atoms with Crippen molar-refractivity contribution in [1.29, 1.82) is 0 Å². The van der Waals surface area contributed by atoms with Gasteiger partial charge in [-0.05, 0) is 59.0 Å². The first kappa shape index (κ1) is 21.3. The van der Waals surface area contributed by atoms with E-state index in [0.29, 0.717) is 24.8 Å². The molecule has 0 amide bonds. The zero-order valence-corrected chi connectivity index (χ0v) is 17.1. The third-order valence-electron chi connectivity index (χ3n) is 6.78. The van der Waals surface area contributed by atoms with Crippen molar-refractivity contribution in [3.05, 3.63) is 35.5 Å². The molecule has 2 bridgehead atoms. The van der Waals surface area contributed by atoms with Gasteiger partial charge >= 0.3 is 17.9 Å². The van der Waals surface area contributed by atoms with Crippen molar-refractivity contribution in [2.45, 2.75) is 64.1 Å². The first-order chi connectivity index (χ1) is 13.6. The summed E-state index contributed by atoms with van der Waals surface area (Å²) in [5, 5.41) is 20.8. The van der Waals surface area contributed by atoms with Crippen LogP contribution >= 0.6 is 0 Å². The van der Waals surface area contributed by atoms with Crippen LogP contribution in [0, 0.1) is 11.3 Å². The van der Waals surface area contributed by atoms with Crippen LogP contribution in [0.3, 0.4) is 0 Å².